The number of ether oxygens (including phenoxy) is 3. The third kappa shape index (κ3) is 1.71. The summed E-state index contributed by atoms with van der Waals surface area (Å²) in [4.78, 5) is 0. The van der Waals surface area contributed by atoms with Crippen LogP contribution in [-0.4, -0.2) is 24.3 Å². The molecule has 3 aliphatic heterocycles. The highest BCUT2D eigenvalue weighted by molar-refractivity contribution is 4.91. The van der Waals surface area contributed by atoms with Gasteiger partial charge in [0.25, 0.3) is 0 Å². The van der Waals surface area contributed by atoms with Crippen molar-refractivity contribution in [3.05, 3.63) is 0 Å². The Morgan fingerprint density at radius 3 is 2.53 bits per heavy atom. The fourth-order valence-electron chi connectivity index (χ4n) is 3.17. The molecule has 0 aliphatic carbocycles. The lowest BCUT2D eigenvalue weighted by Crippen LogP contribution is -2.42. The monoisotopic (exact) mass is 212 g/mol. The topological polar surface area (TPSA) is 27.7 Å². The molecule has 3 rings (SSSR count). The molecule has 3 fully saturated rings. The first kappa shape index (κ1) is 10.1. The summed E-state index contributed by atoms with van der Waals surface area (Å²) >= 11 is 0. The molecule has 0 amide bonds. The Balaban J connectivity index is 1.73. The van der Waals surface area contributed by atoms with Gasteiger partial charge in [-0.1, -0.05) is 0 Å². The minimum absolute atomic E-state index is 0.281. The van der Waals surface area contributed by atoms with Crippen LogP contribution in [0.1, 0.15) is 51.9 Å². The first-order chi connectivity index (χ1) is 7.22. The molecule has 0 saturated carbocycles. The Morgan fingerprint density at radius 1 is 1.00 bits per heavy atom. The molecule has 15 heavy (non-hydrogen) atoms. The molecular weight excluding hydrogens is 192 g/mol. The van der Waals surface area contributed by atoms with E-state index in [1.54, 1.807) is 0 Å². The predicted molar refractivity (Wildman–Crippen MR) is 55.4 cm³/mol. The van der Waals surface area contributed by atoms with Crippen molar-refractivity contribution in [1.29, 1.82) is 0 Å². The van der Waals surface area contributed by atoms with Crippen LogP contribution >= 0.6 is 0 Å². The minimum Gasteiger partial charge on any atom is -0.350 e. The molecule has 3 atom stereocenters. The summed E-state index contributed by atoms with van der Waals surface area (Å²) in [6.07, 6.45) is 7.98. The van der Waals surface area contributed by atoms with Crippen LogP contribution in [0.5, 0.6) is 0 Å². The van der Waals surface area contributed by atoms with Crippen LogP contribution in [0.25, 0.3) is 0 Å². The zero-order valence-corrected chi connectivity index (χ0v) is 9.46. The second-order valence-corrected chi connectivity index (χ2v) is 5.20. The van der Waals surface area contributed by atoms with Crippen LogP contribution in [0.2, 0.25) is 0 Å². The minimum atomic E-state index is -0.304. The Morgan fingerprint density at radius 2 is 1.80 bits per heavy atom. The highest BCUT2D eigenvalue weighted by Crippen LogP contribution is 2.49. The van der Waals surface area contributed by atoms with Crippen molar-refractivity contribution >= 4 is 0 Å². The van der Waals surface area contributed by atoms with E-state index in [0.29, 0.717) is 6.10 Å². The number of hydrogen-bond donors (Lipinski definition) is 0. The van der Waals surface area contributed by atoms with E-state index < -0.39 is 0 Å². The van der Waals surface area contributed by atoms with Crippen molar-refractivity contribution < 1.29 is 14.2 Å². The summed E-state index contributed by atoms with van der Waals surface area (Å²) in [6, 6.07) is 0. The van der Waals surface area contributed by atoms with Gasteiger partial charge in [-0.2, -0.15) is 0 Å². The Hall–Kier alpha value is -0.120. The van der Waals surface area contributed by atoms with Crippen molar-refractivity contribution in [2.45, 2.75) is 69.5 Å². The van der Waals surface area contributed by atoms with Gasteiger partial charge in [0.1, 0.15) is 0 Å². The van der Waals surface area contributed by atoms with Crippen molar-refractivity contribution in [2.75, 3.05) is 6.61 Å². The maximum atomic E-state index is 6.16. The van der Waals surface area contributed by atoms with Crippen molar-refractivity contribution in [3.63, 3.8) is 0 Å². The van der Waals surface area contributed by atoms with Crippen LogP contribution in [0, 0.1) is 0 Å². The van der Waals surface area contributed by atoms with Gasteiger partial charge in [-0.3, -0.25) is 0 Å². The van der Waals surface area contributed by atoms with Gasteiger partial charge < -0.3 is 14.2 Å². The summed E-state index contributed by atoms with van der Waals surface area (Å²) < 4.78 is 17.9. The molecule has 0 bridgehead atoms. The lowest BCUT2D eigenvalue weighted by atomic mass is 9.99. The molecule has 86 valence electrons. The fourth-order valence-corrected chi connectivity index (χ4v) is 3.17. The molecule has 2 spiro atoms. The van der Waals surface area contributed by atoms with Gasteiger partial charge in [0.15, 0.2) is 11.6 Å². The van der Waals surface area contributed by atoms with Crippen molar-refractivity contribution in [3.8, 4) is 0 Å². The first-order valence-corrected chi connectivity index (χ1v) is 6.24. The Labute approximate surface area is 91.1 Å². The van der Waals surface area contributed by atoms with E-state index >= 15 is 0 Å². The maximum Gasteiger partial charge on any atom is 0.172 e. The molecule has 0 aromatic heterocycles. The molecule has 3 heteroatoms. The van der Waals surface area contributed by atoms with Gasteiger partial charge in [-0.15, -0.1) is 0 Å². The standard InChI is InChI=1S/C12H20O3/c1-10-4-2-5-12(14-10)8-7-11(15-12)6-3-9-13-11/h10H,2-9H2,1H3/t10-,11+,12+/m0/s1. The van der Waals surface area contributed by atoms with Gasteiger partial charge in [-0.25, -0.2) is 0 Å². The molecule has 0 radical (unpaired) electrons. The second kappa shape index (κ2) is 3.44. The van der Waals surface area contributed by atoms with E-state index in [4.69, 9.17) is 14.2 Å². The fraction of sp³-hybridized carbons (Fsp3) is 1.00. The van der Waals surface area contributed by atoms with Crippen LogP contribution < -0.4 is 0 Å². The zero-order chi connectivity index (χ0) is 10.4. The van der Waals surface area contributed by atoms with E-state index in [1.807, 2.05) is 0 Å². The number of hydrogen-bond acceptors (Lipinski definition) is 3. The van der Waals surface area contributed by atoms with E-state index in [9.17, 15) is 0 Å². The van der Waals surface area contributed by atoms with Gasteiger partial charge >= 0.3 is 0 Å². The first-order valence-electron chi connectivity index (χ1n) is 6.24. The lowest BCUT2D eigenvalue weighted by molar-refractivity contribution is -0.329. The smallest absolute Gasteiger partial charge is 0.172 e. The molecule has 0 aromatic rings. The Kier molecular flexibility index (Phi) is 2.31. The average molecular weight is 212 g/mol. The highest BCUT2D eigenvalue weighted by Gasteiger charge is 2.53. The van der Waals surface area contributed by atoms with Gasteiger partial charge in [-0.05, 0) is 26.2 Å². The van der Waals surface area contributed by atoms with Crippen LogP contribution in [0.3, 0.4) is 0 Å². The van der Waals surface area contributed by atoms with Crippen molar-refractivity contribution in [1.82, 2.24) is 0 Å². The van der Waals surface area contributed by atoms with Gasteiger partial charge in [0.2, 0.25) is 0 Å². The third-order valence-electron chi connectivity index (χ3n) is 3.91. The van der Waals surface area contributed by atoms with Crippen molar-refractivity contribution in [2.24, 2.45) is 0 Å². The average Bonchev–Trinajstić information content (AvgIpc) is 2.77. The van der Waals surface area contributed by atoms with Gasteiger partial charge in [0.05, 0.1) is 12.7 Å². The SMILES string of the molecule is C[C@H]1CCC[C@@]2(CC[C@@]3(CCCO3)O2)O1. The van der Waals surface area contributed by atoms with Gasteiger partial charge in [0, 0.05) is 25.7 Å². The molecule has 3 heterocycles. The molecule has 0 N–H and O–H groups in total. The molecular formula is C12H20O3. The predicted octanol–water partition coefficient (Wildman–Crippen LogP) is 2.59. The van der Waals surface area contributed by atoms with Crippen LogP contribution in [-0.2, 0) is 14.2 Å². The lowest BCUT2D eigenvalue weighted by Gasteiger charge is -2.38. The second-order valence-electron chi connectivity index (χ2n) is 5.20. The summed E-state index contributed by atoms with van der Waals surface area (Å²) in [5, 5.41) is 0. The van der Waals surface area contributed by atoms with E-state index in [0.717, 1.165) is 38.7 Å². The zero-order valence-electron chi connectivity index (χ0n) is 9.46. The molecule has 3 aliphatic rings. The van der Waals surface area contributed by atoms with E-state index in [-0.39, 0.29) is 11.6 Å². The summed E-state index contributed by atoms with van der Waals surface area (Å²) in [5.41, 5.74) is 0. The largest absolute Gasteiger partial charge is 0.350 e. The molecule has 0 unspecified atom stereocenters. The highest BCUT2D eigenvalue weighted by atomic mass is 16.8. The van der Waals surface area contributed by atoms with E-state index in [1.165, 1.54) is 12.8 Å². The van der Waals surface area contributed by atoms with E-state index in [2.05, 4.69) is 6.92 Å². The quantitative estimate of drug-likeness (QED) is 0.617. The van der Waals surface area contributed by atoms with Crippen LogP contribution in [0.15, 0.2) is 0 Å². The number of rotatable bonds is 0. The normalized spacial score (nSPS) is 50.6. The summed E-state index contributed by atoms with van der Waals surface area (Å²) in [5.74, 6) is -0.584. The molecule has 3 saturated heterocycles. The maximum absolute atomic E-state index is 6.16. The summed E-state index contributed by atoms with van der Waals surface area (Å²) in [7, 11) is 0. The molecule has 0 aromatic carbocycles. The summed E-state index contributed by atoms with van der Waals surface area (Å²) in [6.45, 7) is 3.00. The molecule has 3 nitrogen and oxygen atoms in total. The Bertz CT molecular complexity index is 247. The third-order valence-corrected chi connectivity index (χ3v) is 3.91. The van der Waals surface area contributed by atoms with Crippen LogP contribution in [0.4, 0.5) is 0 Å².